The zero-order chi connectivity index (χ0) is 25.9. The molecule has 0 bridgehead atoms. The first kappa shape index (κ1) is 25.0. The number of aromatic nitrogens is 3. The van der Waals surface area contributed by atoms with Crippen LogP contribution in [0.1, 0.15) is 29.8 Å². The van der Waals surface area contributed by atoms with Crippen molar-refractivity contribution >= 4 is 22.6 Å². The van der Waals surface area contributed by atoms with Gasteiger partial charge in [-0.25, -0.2) is 13.6 Å². The number of H-pyrrole nitrogens is 1. The summed E-state index contributed by atoms with van der Waals surface area (Å²) >= 11 is 0. The van der Waals surface area contributed by atoms with Crippen LogP contribution in [0.5, 0.6) is 0 Å². The summed E-state index contributed by atoms with van der Waals surface area (Å²) in [6.07, 6.45) is 2.71. The van der Waals surface area contributed by atoms with E-state index >= 15 is 0 Å². The van der Waals surface area contributed by atoms with E-state index in [9.17, 15) is 23.5 Å². The molecular weight excluding hydrogens is 472 g/mol. The van der Waals surface area contributed by atoms with Crippen molar-refractivity contribution in [3.8, 4) is 0 Å². The molecular formula is C25H26F2N5O4+. The average molecular weight is 499 g/mol. The molecule has 2 aromatic heterocycles. The van der Waals surface area contributed by atoms with E-state index in [1.807, 2.05) is 19.9 Å². The number of fused-ring (bicyclic) bond motifs is 1. The van der Waals surface area contributed by atoms with Crippen molar-refractivity contribution in [2.24, 2.45) is 0 Å². The third-order valence-corrected chi connectivity index (χ3v) is 6.00. The van der Waals surface area contributed by atoms with Gasteiger partial charge >= 0.3 is 12.0 Å². The van der Waals surface area contributed by atoms with Gasteiger partial charge in [-0.15, -0.1) is 0 Å². The number of hydrogen-bond acceptors (Lipinski definition) is 6. The van der Waals surface area contributed by atoms with Gasteiger partial charge in [-0.1, -0.05) is 6.07 Å². The molecule has 2 aromatic carbocycles. The number of rotatable bonds is 9. The van der Waals surface area contributed by atoms with Crippen molar-refractivity contribution in [3.05, 3.63) is 88.3 Å². The molecule has 36 heavy (non-hydrogen) atoms. The molecule has 0 aliphatic carbocycles. The molecule has 3 N–H and O–H groups in total. The minimum absolute atomic E-state index is 0.235. The fraction of sp³-hybridized carbons (Fsp3) is 0.280. The number of amides is 1. The summed E-state index contributed by atoms with van der Waals surface area (Å²) in [5.41, 5.74) is -2.14. The van der Waals surface area contributed by atoms with Gasteiger partial charge < -0.3 is 19.7 Å². The number of aromatic amines is 1. The van der Waals surface area contributed by atoms with Crippen molar-refractivity contribution < 1.29 is 27.8 Å². The molecule has 4 aromatic rings. The molecule has 0 spiro atoms. The van der Waals surface area contributed by atoms with E-state index in [0.29, 0.717) is 17.0 Å². The summed E-state index contributed by atoms with van der Waals surface area (Å²) in [5.74, 6) is -2.61. The number of aliphatic hydroxyl groups is 1. The number of anilines is 1. The van der Waals surface area contributed by atoms with Crippen LogP contribution >= 0.6 is 0 Å². The van der Waals surface area contributed by atoms with Crippen molar-refractivity contribution in [2.45, 2.75) is 26.0 Å². The van der Waals surface area contributed by atoms with Crippen LogP contribution in [0.3, 0.4) is 0 Å². The van der Waals surface area contributed by atoms with Crippen LogP contribution in [0.25, 0.3) is 11.0 Å². The molecule has 0 unspecified atom stereocenters. The number of carbonyl (C=O) groups excluding carboxylic acids is 1. The molecule has 0 aliphatic rings. The van der Waals surface area contributed by atoms with Crippen LogP contribution in [0.15, 0.2) is 64.3 Å². The summed E-state index contributed by atoms with van der Waals surface area (Å²) in [4.78, 5) is 31.5. The maximum atomic E-state index is 14.6. The minimum atomic E-state index is -2.00. The van der Waals surface area contributed by atoms with Gasteiger partial charge in [-0.2, -0.15) is 9.78 Å². The first-order chi connectivity index (χ1) is 17.2. The van der Waals surface area contributed by atoms with E-state index in [1.165, 1.54) is 23.4 Å². The lowest BCUT2D eigenvalue weighted by atomic mass is 9.92. The highest BCUT2D eigenvalue weighted by atomic mass is 19.1. The predicted octanol–water partition coefficient (Wildman–Crippen LogP) is 2.25. The summed E-state index contributed by atoms with van der Waals surface area (Å²) < 4.78 is 34.8. The highest BCUT2D eigenvalue weighted by molar-refractivity contribution is 5.97. The number of hydrogen-bond donors (Lipinski definition) is 3. The lowest BCUT2D eigenvalue weighted by molar-refractivity contribution is -0.763. The van der Waals surface area contributed by atoms with Crippen molar-refractivity contribution in [2.75, 3.05) is 24.5 Å². The zero-order valence-electron chi connectivity index (χ0n) is 19.8. The minimum Gasteiger partial charge on any atom is -0.422 e. The number of halogens is 2. The van der Waals surface area contributed by atoms with E-state index in [0.717, 1.165) is 30.9 Å². The Hall–Kier alpha value is -4.12. The number of carbonyl (C=O) groups is 1. The predicted molar refractivity (Wildman–Crippen MR) is 127 cm³/mol. The molecule has 0 aliphatic heterocycles. The lowest BCUT2D eigenvalue weighted by Crippen LogP contribution is -2.53. The maximum absolute atomic E-state index is 14.6. The standard InChI is InChI=1S/C25H25F2N5O4/c1-3-31(4-2)18-7-5-16-9-19(24(34)36-22(16)11-18)23(33)29-12-25(35,13-32-15-28-14-30-32)20-8-6-17(26)10-21(20)27/h5-11,14-15,35H,3-4,12-13H2,1-2H3,(H,29,33)/p+1/t25-/m0/s1. The molecule has 9 nitrogen and oxygen atoms in total. The van der Waals surface area contributed by atoms with Crippen LogP contribution < -0.4 is 20.5 Å². The van der Waals surface area contributed by atoms with Crippen LogP contribution in [0.4, 0.5) is 14.5 Å². The molecule has 0 saturated carbocycles. The Kier molecular flexibility index (Phi) is 7.11. The Balaban J connectivity index is 1.61. The second-order valence-electron chi connectivity index (χ2n) is 8.33. The summed E-state index contributed by atoms with van der Waals surface area (Å²) in [7, 11) is 0. The molecule has 188 valence electrons. The summed E-state index contributed by atoms with van der Waals surface area (Å²) in [5, 5.41) is 17.1. The Morgan fingerprint density at radius 3 is 2.64 bits per heavy atom. The molecule has 4 rings (SSSR count). The molecule has 2 heterocycles. The van der Waals surface area contributed by atoms with Gasteiger partial charge in [0.25, 0.3) is 5.91 Å². The second-order valence-corrected chi connectivity index (χ2v) is 8.33. The first-order valence-corrected chi connectivity index (χ1v) is 11.4. The largest absolute Gasteiger partial charge is 0.422 e. The van der Waals surface area contributed by atoms with E-state index < -0.39 is 35.3 Å². The number of nitrogens with one attached hydrogen (secondary N) is 2. The van der Waals surface area contributed by atoms with Crippen molar-refractivity contribution in [1.29, 1.82) is 0 Å². The van der Waals surface area contributed by atoms with Gasteiger partial charge in [0.05, 0.1) is 6.54 Å². The SMILES string of the molecule is CCN(CC)c1ccc2cc(C(=O)NC[C@](O)(C[n+]3cnc[nH]3)c3ccc(F)cc3F)c(=O)oc2c1. The topological polar surface area (TPSA) is 115 Å². The Morgan fingerprint density at radius 2 is 1.97 bits per heavy atom. The smallest absolute Gasteiger partial charge is 0.349 e. The normalized spacial score (nSPS) is 12.9. The van der Waals surface area contributed by atoms with Gasteiger partial charge in [0, 0.05) is 41.9 Å². The monoisotopic (exact) mass is 498 g/mol. The summed E-state index contributed by atoms with van der Waals surface area (Å²) in [6, 6.07) is 9.52. The highest BCUT2D eigenvalue weighted by Crippen LogP contribution is 2.25. The maximum Gasteiger partial charge on any atom is 0.349 e. The Bertz CT molecular complexity index is 1440. The van der Waals surface area contributed by atoms with E-state index in [2.05, 4.69) is 20.3 Å². The van der Waals surface area contributed by atoms with Crippen LogP contribution in [0.2, 0.25) is 0 Å². The third-order valence-electron chi connectivity index (χ3n) is 6.00. The zero-order valence-corrected chi connectivity index (χ0v) is 19.8. The van der Waals surface area contributed by atoms with Crippen molar-refractivity contribution in [3.63, 3.8) is 0 Å². The highest BCUT2D eigenvalue weighted by Gasteiger charge is 2.36. The molecule has 11 heteroatoms. The molecule has 0 saturated heterocycles. The van der Waals surface area contributed by atoms with Gasteiger partial charge in [0.2, 0.25) is 6.33 Å². The van der Waals surface area contributed by atoms with Gasteiger partial charge in [0.15, 0.2) is 0 Å². The number of nitrogens with zero attached hydrogens (tertiary/aromatic N) is 3. The van der Waals surface area contributed by atoms with E-state index in [4.69, 9.17) is 4.42 Å². The van der Waals surface area contributed by atoms with E-state index in [1.54, 1.807) is 12.1 Å². The summed E-state index contributed by atoms with van der Waals surface area (Å²) in [6.45, 7) is 4.86. The molecule has 0 radical (unpaired) electrons. The van der Waals surface area contributed by atoms with Crippen LogP contribution in [-0.4, -0.2) is 40.7 Å². The fourth-order valence-corrected chi connectivity index (χ4v) is 4.09. The van der Waals surface area contributed by atoms with Gasteiger partial charge in [0.1, 0.15) is 34.9 Å². The molecule has 0 fully saturated rings. The lowest BCUT2D eigenvalue weighted by Gasteiger charge is -2.27. The van der Waals surface area contributed by atoms with Gasteiger partial charge in [-0.3, -0.25) is 4.79 Å². The molecule has 1 amide bonds. The Morgan fingerprint density at radius 1 is 1.19 bits per heavy atom. The van der Waals surface area contributed by atoms with Crippen LogP contribution in [-0.2, 0) is 12.1 Å². The average Bonchev–Trinajstić information content (AvgIpc) is 3.35. The van der Waals surface area contributed by atoms with Crippen molar-refractivity contribution in [1.82, 2.24) is 15.4 Å². The quantitative estimate of drug-likeness (QED) is 0.241. The second kappa shape index (κ2) is 10.2. The third kappa shape index (κ3) is 5.10. The fourth-order valence-electron chi connectivity index (χ4n) is 4.09. The van der Waals surface area contributed by atoms with Gasteiger partial charge in [-0.05, 0) is 43.1 Å². The molecule has 1 atom stereocenters. The van der Waals surface area contributed by atoms with E-state index in [-0.39, 0.29) is 17.7 Å². The van der Waals surface area contributed by atoms with Crippen LogP contribution in [0, 0.1) is 11.6 Å². The number of benzene rings is 2. The first-order valence-electron chi connectivity index (χ1n) is 11.4. The Labute approximate surface area is 205 Å².